The van der Waals surface area contributed by atoms with Crippen molar-refractivity contribution in [2.24, 2.45) is 0 Å². The lowest BCUT2D eigenvalue weighted by Gasteiger charge is -2.29. The van der Waals surface area contributed by atoms with Gasteiger partial charge in [-0.05, 0) is 71.5 Å². The van der Waals surface area contributed by atoms with Crippen LogP contribution in [-0.4, -0.2) is 25.6 Å². The molecule has 5 heteroatoms. The summed E-state index contributed by atoms with van der Waals surface area (Å²) in [7, 11) is 0. The molecule has 3 aliphatic rings. The van der Waals surface area contributed by atoms with Crippen LogP contribution in [0.1, 0.15) is 29.2 Å². The van der Waals surface area contributed by atoms with Crippen LogP contribution < -0.4 is 4.90 Å². The highest BCUT2D eigenvalue weighted by Gasteiger charge is 2.37. The fraction of sp³-hybridized carbons (Fsp3) is 0.0784. The van der Waals surface area contributed by atoms with Gasteiger partial charge in [-0.1, -0.05) is 152 Å². The van der Waals surface area contributed by atoms with E-state index in [9.17, 15) is 0 Å². The van der Waals surface area contributed by atoms with Crippen molar-refractivity contribution in [1.29, 1.82) is 0 Å². The van der Waals surface area contributed by atoms with Gasteiger partial charge in [0.1, 0.15) is 0 Å². The van der Waals surface area contributed by atoms with Crippen molar-refractivity contribution in [3.05, 3.63) is 199 Å². The molecule has 2 unspecified atom stereocenters. The first-order chi connectivity index (χ1) is 27.8. The first-order valence-electron chi connectivity index (χ1n) is 19.4. The van der Waals surface area contributed by atoms with Crippen LogP contribution in [0.4, 0.5) is 11.4 Å². The molecule has 11 rings (SSSR count). The third-order valence-corrected chi connectivity index (χ3v) is 11.4. The number of hydrogen-bond acceptors (Lipinski definition) is 4. The Morgan fingerprint density at radius 1 is 0.518 bits per heavy atom. The quantitative estimate of drug-likeness (QED) is 0.172. The van der Waals surface area contributed by atoms with E-state index in [2.05, 4.69) is 173 Å². The lowest BCUT2D eigenvalue weighted by molar-refractivity contribution is 0.744. The summed E-state index contributed by atoms with van der Waals surface area (Å²) in [4.78, 5) is 18.1. The van der Waals surface area contributed by atoms with Crippen molar-refractivity contribution in [3.63, 3.8) is 0 Å². The Bertz CT molecular complexity index is 2870. The highest BCUT2D eigenvalue weighted by molar-refractivity contribution is 5.91. The molecule has 3 heterocycles. The van der Waals surface area contributed by atoms with Crippen LogP contribution in [0.3, 0.4) is 0 Å². The molecule has 0 saturated heterocycles. The van der Waals surface area contributed by atoms with E-state index in [-0.39, 0.29) is 12.0 Å². The standard InChI is InChI=1S/C51H37N5/c1-3-15-34(16-4-1)35-27-29-37(30-28-35)50-52-49(36-17-5-2-6-18-36)53-51(54-50)38-31-39(55-45-23-11-7-19-41(45)42-20-8-12-24-46(42)55)33-40(32-38)56-47-25-13-9-21-43(47)44-22-10-14-26-48(44)56/h1-9,11-21,23-33,41,45H,10,22H2. The summed E-state index contributed by atoms with van der Waals surface area (Å²) in [5, 5.41) is 1.30. The molecule has 0 bridgehead atoms. The van der Waals surface area contributed by atoms with Crippen molar-refractivity contribution >= 4 is 28.4 Å². The summed E-state index contributed by atoms with van der Waals surface area (Å²) in [6.07, 6.45) is 15.7. The maximum absolute atomic E-state index is 5.28. The molecule has 0 spiro atoms. The van der Waals surface area contributed by atoms with Gasteiger partial charge < -0.3 is 9.47 Å². The van der Waals surface area contributed by atoms with Gasteiger partial charge in [0, 0.05) is 50.8 Å². The summed E-state index contributed by atoms with van der Waals surface area (Å²) in [5.74, 6) is 2.18. The molecular formula is C51H37N5. The number of aromatic nitrogens is 4. The van der Waals surface area contributed by atoms with Gasteiger partial charge in [0.25, 0.3) is 0 Å². The SMILES string of the molecule is C1=CC2c3ccccc3N(c3cc(-c4nc(-c5ccccc5)nc(-c5ccc(-c6ccccc6)cc5)n4)cc(-n4c5c(c6ccccc64)CCC=C5)c3)C2C=C1. The number of para-hydroxylation sites is 2. The van der Waals surface area contributed by atoms with E-state index in [1.54, 1.807) is 0 Å². The number of fused-ring (bicyclic) bond motifs is 6. The predicted molar refractivity (Wildman–Crippen MR) is 229 cm³/mol. The Labute approximate surface area is 326 Å². The Kier molecular flexibility index (Phi) is 7.69. The average Bonchev–Trinajstić information content (AvgIpc) is 3.80. The van der Waals surface area contributed by atoms with Crippen LogP contribution in [0.5, 0.6) is 0 Å². The monoisotopic (exact) mass is 719 g/mol. The molecule has 0 N–H and O–H groups in total. The zero-order valence-corrected chi connectivity index (χ0v) is 30.7. The zero-order valence-electron chi connectivity index (χ0n) is 30.7. The normalized spacial score (nSPS) is 16.5. The van der Waals surface area contributed by atoms with E-state index in [0.29, 0.717) is 17.5 Å². The van der Waals surface area contributed by atoms with Crippen LogP contribution in [0.2, 0.25) is 0 Å². The minimum atomic E-state index is 0.146. The molecule has 56 heavy (non-hydrogen) atoms. The molecule has 0 fully saturated rings. The third kappa shape index (κ3) is 5.43. The minimum Gasteiger partial charge on any atom is -0.333 e. The second-order valence-electron chi connectivity index (χ2n) is 14.7. The van der Waals surface area contributed by atoms with E-state index in [1.165, 1.54) is 39.0 Å². The molecule has 2 aliphatic carbocycles. The number of allylic oxidation sites excluding steroid dienone is 3. The maximum Gasteiger partial charge on any atom is 0.164 e. The summed E-state index contributed by atoms with van der Waals surface area (Å²) < 4.78 is 2.44. The summed E-state index contributed by atoms with van der Waals surface area (Å²) >= 11 is 0. The summed E-state index contributed by atoms with van der Waals surface area (Å²) in [6, 6.07) is 53.9. The topological polar surface area (TPSA) is 46.8 Å². The van der Waals surface area contributed by atoms with E-state index in [0.717, 1.165) is 46.5 Å². The van der Waals surface area contributed by atoms with Crippen molar-refractivity contribution in [2.75, 3.05) is 4.90 Å². The summed E-state index contributed by atoms with van der Waals surface area (Å²) in [6.45, 7) is 0. The average molecular weight is 720 g/mol. The number of benzene rings is 6. The lowest BCUT2D eigenvalue weighted by atomic mass is 9.91. The molecule has 8 aromatic rings. The Morgan fingerprint density at radius 2 is 1.12 bits per heavy atom. The second kappa shape index (κ2) is 13.3. The smallest absolute Gasteiger partial charge is 0.164 e. The molecule has 266 valence electrons. The van der Waals surface area contributed by atoms with Crippen molar-refractivity contribution < 1.29 is 0 Å². The number of hydrogen-bond donors (Lipinski definition) is 0. The number of rotatable bonds is 6. The predicted octanol–water partition coefficient (Wildman–Crippen LogP) is 12.2. The molecule has 5 nitrogen and oxygen atoms in total. The number of aryl methyl sites for hydroxylation is 1. The Morgan fingerprint density at radius 3 is 1.93 bits per heavy atom. The molecule has 0 radical (unpaired) electrons. The Balaban J connectivity index is 1.14. The fourth-order valence-electron chi connectivity index (χ4n) is 8.84. The molecule has 0 amide bonds. The van der Waals surface area contributed by atoms with Gasteiger partial charge in [-0.3, -0.25) is 0 Å². The van der Waals surface area contributed by atoms with Gasteiger partial charge in [-0.2, -0.15) is 0 Å². The highest BCUT2D eigenvalue weighted by atomic mass is 15.2. The van der Waals surface area contributed by atoms with Gasteiger partial charge in [-0.25, -0.2) is 15.0 Å². The first-order valence-corrected chi connectivity index (χ1v) is 19.4. The molecular weight excluding hydrogens is 683 g/mol. The summed E-state index contributed by atoms with van der Waals surface area (Å²) in [5.41, 5.74) is 13.7. The van der Waals surface area contributed by atoms with E-state index < -0.39 is 0 Å². The molecule has 1 aliphatic heterocycles. The molecule has 2 atom stereocenters. The van der Waals surface area contributed by atoms with Crippen LogP contribution in [-0.2, 0) is 6.42 Å². The van der Waals surface area contributed by atoms with E-state index in [1.807, 2.05) is 24.3 Å². The molecule has 2 aromatic heterocycles. The van der Waals surface area contributed by atoms with Crippen molar-refractivity contribution in [3.8, 4) is 51.0 Å². The van der Waals surface area contributed by atoms with E-state index >= 15 is 0 Å². The third-order valence-electron chi connectivity index (χ3n) is 11.4. The highest BCUT2D eigenvalue weighted by Crippen LogP contribution is 2.49. The van der Waals surface area contributed by atoms with Gasteiger partial charge in [0.15, 0.2) is 17.5 Å². The van der Waals surface area contributed by atoms with Crippen LogP contribution in [0.15, 0.2) is 182 Å². The first kappa shape index (κ1) is 32.3. The molecule has 6 aromatic carbocycles. The largest absolute Gasteiger partial charge is 0.333 e. The second-order valence-corrected chi connectivity index (χ2v) is 14.7. The van der Waals surface area contributed by atoms with Crippen molar-refractivity contribution in [1.82, 2.24) is 19.5 Å². The van der Waals surface area contributed by atoms with Crippen LogP contribution >= 0.6 is 0 Å². The Hall–Kier alpha value is -7.11. The maximum atomic E-state index is 5.28. The van der Waals surface area contributed by atoms with Gasteiger partial charge in [0.2, 0.25) is 0 Å². The van der Waals surface area contributed by atoms with Gasteiger partial charge in [0.05, 0.1) is 11.6 Å². The number of anilines is 2. The molecule has 0 saturated carbocycles. The minimum absolute atomic E-state index is 0.146. The number of nitrogens with zero attached hydrogens (tertiary/aromatic N) is 5. The van der Waals surface area contributed by atoms with E-state index in [4.69, 9.17) is 15.0 Å². The van der Waals surface area contributed by atoms with Gasteiger partial charge in [-0.15, -0.1) is 0 Å². The zero-order chi connectivity index (χ0) is 37.0. The lowest BCUT2D eigenvalue weighted by Crippen LogP contribution is -2.28. The van der Waals surface area contributed by atoms with Gasteiger partial charge >= 0.3 is 0 Å². The van der Waals surface area contributed by atoms with Crippen LogP contribution in [0.25, 0.3) is 68.0 Å². The van der Waals surface area contributed by atoms with Crippen LogP contribution in [0, 0.1) is 0 Å². The fourth-order valence-corrected chi connectivity index (χ4v) is 8.84. The van der Waals surface area contributed by atoms with Crippen molar-refractivity contribution in [2.45, 2.75) is 24.8 Å².